The number of nitrogen functional groups attached to an aromatic ring is 1. The molecule has 0 aliphatic heterocycles. The Hall–Kier alpha value is -1.67. The molecule has 2 heterocycles. The van der Waals surface area contributed by atoms with Crippen LogP contribution in [0.4, 0.5) is 10.8 Å². The van der Waals surface area contributed by atoms with Crippen molar-refractivity contribution in [2.75, 3.05) is 10.5 Å². The molecule has 0 fully saturated rings. The normalized spacial score (nSPS) is 11.7. The molecule has 0 aliphatic rings. The number of nitrogens with zero attached hydrogens (tertiary/aromatic N) is 2. The molecule has 0 saturated carbocycles. The van der Waals surface area contributed by atoms with E-state index in [-0.39, 0.29) is 16.6 Å². The second-order valence-electron chi connectivity index (χ2n) is 4.24. The minimum absolute atomic E-state index is 0.107. The van der Waals surface area contributed by atoms with E-state index in [0.29, 0.717) is 5.13 Å². The Morgan fingerprint density at radius 3 is 2.74 bits per heavy atom. The lowest BCUT2D eigenvalue weighted by Crippen LogP contribution is -2.16. The van der Waals surface area contributed by atoms with Crippen molar-refractivity contribution in [1.29, 1.82) is 0 Å². The molecular weight excluding hydrogens is 284 g/mol. The maximum atomic E-state index is 12.1. The maximum Gasteiger partial charge on any atom is 0.283 e. The van der Waals surface area contributed by atoms with Gasteiger partial charge in [0.25, 0.3) is 10.0 Å². The lowest BCUT2D eigenvalue weighted by molar-refractivity contribution is 0.598. The van der Waals surface area contributed by atoms with E-state index in [9.17, 15) is 8.42 Å². The van der Waals surface area contributed by atoms with E-state index in [0.717, 1.165) is 5.69 Å². The zero-order valence-electron chi connectivity index (χ0n) is 10.5. The number of pyridine rings is 1. The van der Waals surface area contributed by atoms with E-state index in [2.05, 4.69) is 14.7 Å². The number of nitrogens with one attached hydrogen (secondary N) is 1. The first kappa shape index (κ1) is 13.8. The molecule has 0 atom stereocenters. The average molecular weight is 298 g/mol. The van der Waals surface area contributed by atoms with Crippen LogP contribution in [0.25, 0.3) is 0 Å². The molecule has 0 aliphatic carbocycles. The molecule has 0 unspecified atom stereocenters. The Kier molecular flexibility index (Phi) is 3.72. The molecule has 0 radical (unpaired) electrons. The lowest BCUT2D eigenvalue weighted by atomic mass is 10.2. The summed E-state index contributed by atoms with van der Waals surface area (Å²) < 4.78 is 26.6. The Labute approximate surface area is 115 Å². The van der Waals surface area contributed by atoms with Crippen molar-refractivity contribution >= 4 is 32.2 Å². The van der Waals surface area contributed by atoms with E-state index in [1.165, 1.54) is 23.6 Å². The van der Waals surface area contributed by atoms with Gasteiger partial charge in [-0.2, -0.15) is 8.42 Å². The minimum Gasteiger partial charge on any atom is -0.396 e. The molecule has 0 aromatic carbocycles. The van der Waals surface area contributed by atoms with Gasteiger partial charge >= 0.3 is 0 Å². The van der Waals surface area contributed by atoms with Crippen LogP contribution in [0.2, 0.25) is 0 Å². The van der Waals surface area contributed by atoms with Crippen LogP contribution in [-0.2, 0) is 10.0 Å². The van der Waals surface area contributed by atoms with Gasteiger partial charge in [0, 0.05) is 11.6 Å². The molecule has 0 bridgehead atoms. The molecule has 0 spiro atoms. The van der Waals surface area contributed by atoms with Crippen molar-refractivity contribution in [3.05, 3.63) is 29.4 Å². The molecule has 8 heteroatoms. The van der Waals surface area contributed by atoms with Gasteiger partial charge < -0.3 is 5.73 Å². The van der Waals surface area contributed by atoms with E-state index in [4.69, 9.17) is 5.73 Å². The molecule has 102 valence electrons. The molecule has 0 saturated heterocycles. The topological polar surface area (TPSA) is 98.0 Å². The van der Waals surface area contributed by atoms with Crippen molar-refractivity contribution in [1.82, 2.24) is 9.97 Å². The van der Waals surface area contributed by atoms with Crippen molar-refractivity contribution < 1.29 is 8.42 Å². The summed E-state index contributed by atoms with van der Waals surface area (Å²) in [4.78, 5) is 8.00. The third-order valence-electron chi connectivity index (χ3n) is 2.39. The third-order valence-corrected chi connectivity index (χ3v) is 4.61. The molecular formula is C11H14N4O2S2. The van der Waals surface area contributed by atoms with Crippen molar-refractivity contribution in [3.63, 3.8) is 0 Å². The van der Waals surface area contributed by atoms with E-state index in [1.54, 1.807) is 6.07 Å². The van der Waals surface area contributed by atoms with Crippen LogP contribution in [0.5, 0.6) is 0 Å². The summed E-state index contributed by atoms with van der Waals surface area (Å²) in [6, 6.07) is 3.07. The van der Waals surface area contributed by atoms with Crippen LogP contribution in [0.1, 0.15) is 25.5 Å². The quantitative estimate of drug-likeness (QED) is 0.900. The fourth-order valence-corrected chi connectivity index (χ4v) is 3.58. The average Bonchev–Trinajstić information content (AvgIpc) is 2.77. The van der Waals surface area contributed by atoms with E-state index < -0.39 is 10.0 Å². The maximum absolute atomic E-state index is 12.1. The number of hydrogen-bond acceptors (Lipinski definition) is 6. The first-order chi connectivity index (χ1) is 8.90. The van der Waals surface area contributed by atoms with Crippen LogP contribution in [0.15, 0.2) is 28.7 Å². The molecule has 2 aromatic heterocycles. The zero-order chi connectivity index (χ0) is 14.0. The summed E-state index contributed by atoms with van der Waals surface area (Å²) in [5, 5.41) is 1.95. The predicted octanol–water partition coefficient (Wildman–Crippen LogP) is 2.04. The summed E-state index contributed by atoms with van der Waals surface area (Å²) in [5.74, 6) is 0.245. The zero-order valence-corrected chi connectivity index (χ0v) is 12.1. The minimum atomic E-state index is -3.79. The fourth-order valence-electron chi connectivity index (χ4n) is 1.39. The second kappa shape index (κ2) is 5.14. The highest BCUT2D eigenvalue weighted by Crippen LogP contribution is 2.24. The molecule has 0 amide bonds. The Morgan fingerprint density at radius 2 is 2.16 bits per heavy atom. The predicted molar refractivity (Wildman–Crippen MR) is 75.7 cm³/mol. The standard InChI is InChI=1S/C11H14N4O2S2/c1-7(2)9-6-18-11(14-9)15-19(16,17)10-8(12)4-3-5-13-10/h3-7H,12H2,1-2H3,(H,14,15). The number of aromatic nitrogens is 2. The van der Waals surface area contributed by atoms with Crippen LogP contribution in [0.3, 0.4) is 0 Å². The summed E-state index contributed by atoms with van der Waals surface area (Å²) in [6.07, 6.45) is 1.38. The first-order valence-corrected chi connectivity index (χ1v) is 7.95. The molecule has 2 aromatic rings. The van der Waals surface area contributed by atoms with E-state index in [1.807, 2.05) is 19.2 Å². The van der Waals surface area contributed by atoms with Gasteiger partial charge in [0.05, 0.1) is 11.4 Å². The second-order valence-corrected chi connectivity index (χ2v) is 6.69. The van der Waals surface area contributed by atoms with Crippen molar-refractivity contribution in [3.8, 4) is 0 Å². The van der Waals surface area contributed by atoms with E-state index >= 15 is 0 Å². The summed E-state index contributed by atoms with van der Waals surface area (Å²) >= 11 is 1.24. The number of sulfonamides is 1. The summed E-state index contributed by atoms with van der Waals surface area (Å²) in [6.45, 7) is 3.98. The Morgan fingerprint density at radius 1 is 1.42 bits per heavy atom. The molecule has 19 heavy (non-hydrogen) atoms. The lowest BCUT2D eigenvalue weighted by Gasteiger charge is -2.06. The Balaban J connectivity index is 2.29. The van der Waals surface area contributed by atoms with Crippen LogP contribution < -0.4 is 10.5 Å². The van der Waals surface area contributed by atoms with Gasteiger partial charge in [-0.05, 0) is 18.1 Å². The SMILES string of the molecule is CC(C)c1csc(NS(=O)(=O)c2ncccc2N)n1. The van der Waals surface area contributed by atoms with Gasteiger partial charge in [-0.15, -0.1) is 11.3 Å². The highest BCUT2D eigenvalue weighted by molar-refractivity contribution is 7.93. The number of hydrogen-bond donors (Lipinski definition) is 2. The Bertz CT molecular complexity index is 680. The highest BCUT2D eigenvalue weighted by atomic mass is 32.2. The molecule has 2 rings (SSSR count). The number of nitrogens with two attached hydrogens (primary N) is 1. The summed E-state index contributed by atoms with van der Waals surface area (Å²) in [5.41, 5.74) is 6.57. The number of thiazole rings is 1. The smallest absolute Gasteiger partial charge is 0.283 e. The van der Waals surface area contributed by atoms with Gasteiger partial charge in [0.15, 0.2) is 10.2 Å². The third kappa shape index (κ3) is 3.02. The van der Waals surface area contributed by atoms with Gasteiger partial charge in [-0.25, -0.2) is 9.97 Å². The van der Waals surface area contributed by atoms with Crippen LogP contribution in [-0.4, -0.2) is 18.4 Å². The molecule has 6 nitrogen and oxygen atoms in total. The van der Waals surface area contributed by atoms with Gasteiger partial charge in [0.2, 0.25) is 0 Å². The first-order valence-electron chi connectivity index (χ1n) is 5.59. The van der Waals surface area contributed by atoms with Crippen LogP contribution in [0, 0.1) is 0 Å². The fraction of sp³-hybridized carbons (Fsp3) is 0.273. The van der Waals surface area contributed by atoms with Crippen LogP contribution >= 0.6 is 11.3 Å². The van der Waals surface area contributed by atoms with Gasteiger partial charge in [0.1, 0.15) is 0 Å². The highest BCUT2D eigenvalue weighted by Gasteiger charge is 2.20. The summed E-state index contributed by atoms with van der Waals surface area (Å²) in [7, 11) is -3.79. The molecule has 3 N–H and O–H groups in total. The number of anilines is 2. The monoisotopic (exact) mass is 298 g/mol. The van der Waals surface area contributed by atoms with Gasteiger partial charge in [-0.3, -0.25) is 4.72 Å². The number of rotatable bonds is 4. The van der Waals surface area contributed by atoms with Crippen molar-refractivity contribution in [2.24, 2.45) is 0 Å². The largest absolute Gasteiger partial charge is 0.396 e. The van der Waals surface area contributed by atoms with Crippen molar-refractivity contribution in [2.45, 2.75) is 24.8 Å². The van der Waals surface area contributed by atoms with Gasteiger partial charge in [-0.1, -0.05) is 13.8 Å².